The first kappa shape index (κ1) is 17.7. The van der Waals surface area contributed by atoms with Gasteiger partial charge in [-0.1, -0.05) is 25.7 Å². The Labute approximate surface area is 150 Å². The summed E-state index contributed by atoms with van der Waals surface area (Å²) in [7, 11) is 0. The second-order valence-corrected chi connectivity index (χ2v) is 8.84. The van der Waals surface area contributed by atoms with E-state index in [2.05, 4.69) is 10.8 Å². The fourth-order valence-corrected chi connectivity index (χ4v) is 4.78. The van der Waals surface area contributed by atoms with Gasteiger partial charge in [0, 0.05) is 18.4 Å². The van der Waals surface area contributed by atoms with Crippen LogP contribution in [0.25, 0.3) is 0 Å². The van der Waals surface area contributed by atoms with Gasteiger partial charge in [-0.05, 0) is 64.1 Å². The Bertz CT molecular complexity index is 641. The van der Waals surface area contributed by atoms with Gasteiger partial charge in [0.1, 0.15) is 12.1 Å². The van der Waals surface area contributed by atoms with E-state index in [0.717, 1.165) is 16.6 Å². The molecular formula is C19H30N2O2S. The largest absolute Gasteiger partial charge is 0.459 e. The highest BCUT2D eigenvalue weighted by Gasteiger charge is 2.33. The Morgan fingerprint density at radius 1 is 1.17 bits per heavy atom. The third kappa shape index (κ3) is 4.11. The van der Waals surface area contributed by atoms with Crippen LogP contribution in [0.15, 0.2) is 12.4 Å². The van der Waals surface area contributed by atoms with Crippen molar-refractivity contribution in [2.24, 2.45) is 11.8 Å². The maximum Gasteiger partial charge on any atom is 0.326 e. The summed E-state index contributed by atoms with van der Waals surface area (Å²) in [5, 5.41) is 0. The SMILES string of the molecule is CC(C)(C)OC(=O)Cn1ccn(C2CCC3CCCCC3C2)c1=S. The van der Waals surface area contributed by atoms with Gasteiger partial charge in [-0.15, -0.1) is 0 Å². The number of imidazole rings is 1. The monoisotopic (exact) mass is 350 g/mol. The quantitative estimate of drug-likeness (QED) is 0.575. The van der Waals surface area contributed by atoms with Gasteiger partial charge in [0.15, 0.2) is 4.77 Å². The molecule has 2 fully saturated rings. The van der Waals surface area contributed by atoms with Crippen LogP contribution in [0, 0.1) is 16.6 Å². The number of nitrogens with zero attached hydrogens (tertiary/aromatic N) is 2. The minimum absolute atomic E-state index is 0.196. The number of hydrogen-bond donors (Lipinski definition) is 0. The van der Waals surface area contributed by atoms with Crippen LogP contribution in [0.3, 0.4) is 0 Å². The Hall–Kier alpha value is -1.10. The molecule has 0 aromatic carbocycles. The van der Waals surface area contributed by atoms with Crippen molar-refractivity contribution in [3.05, 3.63) is 17.2 Å². The van der Waals surface area contributed by atoms with E-state index in [-0.39, 0.29) is 12.5 Å². The summed E-state index contributed by atoms with van der Waals surface area (Å²) in [6, 6.07) is 0.497. The summed E-state index contributed by atoms with van der Waals surface area (Å²) in [4.78, 5) is 12.1. The van der Waals surface area contributed by atoms with Crippen molar-refractivity contribution in [3.63, 3.8) is 0 Å². The second-order valence-electron chi connectivity index (χ2n) is 8.47. The van der Waals surface area contributed by atoms with Crippen molar-refractivity contribution in [1.82, 2.24) is 9.13 Å². The molecule has 3 atom stereocenters. The van der Waals surface area contributed by atoms with Crippen LogP contribution < -0.4 is 0 Å². The van der Waals surface area contributed by atoms with Crippen LogP contribution in [0.4, 0.5) is 0 Å². The molecule has 1 aromatic rings. The molecule has 3 rings (SSSR count). The predicted molar refractivity (Wildman–Crippen MR) is 97.4 cm³/mol. The van der Waals surface area contributed by atoms with E-state index < -0.39 is 5.60 Å². The van der Waals surface area contributed by atoms with E-state index >= 15 is 0 Å². The van der Waals surface area contributed by atoms with Crippen molar-refractivity contribution in [1.29, 1.82) is 0 Å². The van der Waals surface area contributed by atoms with Gasteiger partial charge in [0.25, 0.3) is 0 Å². The molecular weight excluding hydrogens is 320 g/mol. The molecule has 0 bridgehead atoms. The van der Waals surface area contributed by atoms with Crippen LogP contribution >= 0.6 is 12.2 Å². The van der Waals surface area contributed by atoms with Crippen LogP contribution in [-0.2, 0) is 16.1 Å². The first-order valence-electron chi connectivity index (χ1n) is 9.32. The topological polar surface area (TPSA) is 36.2 Å². The molecule has 3 unspecified atom stereocenters. The van der Waals surface area contributed by atoms with Gasteiger partial charge in [0.05, 0.1) is 0 Å². The van der Waals surface area contributed by atoms with Crippen LogP contribution in [0.2, 0.25) is 0 Å². The van der Waals surface area contributed by atoms with E-state index in [1.807, 2.05) is 31.5 Å². The zero-order chi connectivity index (χ0) is 17.3. The summed E-state index contributed by atoms with van der Waals surface area (Å²) >= 11 is 5.63. The van der Waals surface area contributed by atoms with Crippen molar-refractivity contribution < 1.29 is 9.53 Å². The summed E-state index contributed by atoms with van der Waals surface area (Å²) in [6.07, 6.45) is 13.4. The number of hydrogen-bond acceptors (Lipinski definition) is 3. The first-order chi connectivity index (χ1) is 11.3. The molecule has 0 amide bonds. The standard InChI is InChI=1S/C19H30N2O2S/c1-19(2,3)23-17(22)13-20-10-11-21(18(20)24)16-9-8-14-6-4-5-7-15(14)12-16/h10-11,14-16H,4-9,12-13H2,1-3H3. The highest BCUT2D eigenvalue weighted by Crippen LogP contribution is 2.44. The molecule has 1 aromatic heterocycles. The van der Waals surface area contributed by atoms with E-state index in [0.29, 0.717) is 6.04 Å². The average Bonchev–Trinajstić information content (AvgIpc) is 2.86. The lowest BCUT2D eigenvalue weighted by Crippen LogP contribution is -2.29. The van der Waals surface area contributed by atoms with Gasteiger partial charge in [0.2, 0.25) is 0 Å². The van der Waals surface area contributed by atoms with Gasteiger partial charge in [-0.3, -0.25) is 4.79 Å². The maximum atomic E-state index is 12.1. The average molecular weight is 351 g/mol. The molecule has 0 saturated heterocycles. The Morgan fingerprint density at radius 2 is 1.88 bits per heavy atom. The molecule has 4 nitrogen and oxygen atoms in total. The fourth-order valence-electron chi connectivity index (χ4n) is 4.44. The number of fused-ring (bicyclic) bond motifs is 1. The van der Waals surface area contributed by atoms with E-state index in [9.17, 15) is 4.79 Å². The molecule has 134 valence electrons. The van der Waals surface area contributed by atoms with Gasteiger partial charge >= 0.3 is 5.97 Å². The molecule has 0 spiro atoms. The minimum Gasteiger partial charge on any atom is -0.459 e. The van der Waals surface area contributed by atoms with Gasteiger partial charge in [-0.2, -0.15) is 0 Å². The van der Waals surface area contributed by atoms with Gasteiger partial charge < -0.3 is 13.9 Å². The Balaban J connectivity index is 1.66. The smallest absolute Gasteiger partial charge is 0.326 e. The second kappa shape index (κ2) is 7.03. The molecule has 24 heavy (non-hydrogen) atoms. The first-order valence-corrected chi connectivity index (χ1v) is 9.73. The van der Waals surface area contributed by atoms with Crippen LogP contribution in [0.5, 0.6) is 0 Å². The molecule has 1 heterocycles. The predicted octanol–water partition coefficient (Wildman–Crippen LogP) is 4.89. The van der Waals surface area contributed by atoms with E-state index in [1.54, 1.807) is 0 Å². The molecule has 0 radical (unpaired) electrons. The normalized spacial score (nSPS) is 27.5. The summed E-state index contributed by atoms with van der Waals surface area (Å²) < 4.78 is 10.2. The Kier molecular flexibility index (Phi) is 5.19. The highest BCUT2D eigenvalue weighted by atomic mass is 32.1. The molecule has 5 heteroatoms. The summed E-state index contributed by atoms with van der Waals surface area (Å²) in [5.41, 5.74) is -0.457. The number of rotatable bonds is 3. The number of carbonyl (C=O) groups excluding carboxylic acids is 1. The lowest BCUT2D eigenvalue weighted by molar-refractivity contribution is -0.155. The molecule has 2 saturated carbocycles. The summed E-state index contributed by atoms with van der Waals surface area (Å²) in [5.74, 6) is 1.58. The number of aromatic nitrogens is 2. The number of carbonyl (C=O) groups is 1. The summed E-state index contributed by atoms with van der Waals surface area (Å²) in [6.45, 7) is 5.86. The minimum atomic E-state index is -0.457. The van der Waals surface area contributed by atoms with Gasteiger partial charge in [-0.25, -0.2) is 0 Å². The molecule has 2 aliphatic rings. The van der Waals surface area contributed by atoms with E-state index in [4.69, 9.17) is 17.0 Å². The highest BCUT2D eigenvalue weighted by molar-refractivity contribution is 7.71. The molecule has 0 aliphatic heterocycles. The zero-order valence-electron chi connectivity index (χ0n) is 15.2. The third-order valence-corrected chi connectivity index (χ3v) is 5.94. The van der Waals surface area contributed by atoms with Crippen molar-refractivity contribution in [3.8, 4) is 0 Å². The Morgan fingerprint density at radius 3 is 2.58 bits per heavy atom. The van der Waals surface area contributed by atoms with E-state index in [1.165, 1.54) is 44.9 Å². The van der Waals surface area contributed by atoms with Crippen molar-refractivity contribution in [2.75, 3.05) is 0 Å². The number of ether oxygens (including phenoxy) is 1. The van der Waals surface area contributed by atoms with Crippen molar-refractivity contribution >= 4 is 18.2 Å². The fraction of sp³-hybridized carbons (Fsp3) is 0.789. The van der Waals surface area contributed by atoms with Crippen molar-refractivity contribution in [2.45, 2.75) is 83.9 Å². The van der Waals surface area contributed by atoms with Crippen LogP contribution in [0.1, 0.15) is 71.8 Å². The molecule has 0 N–H and O–H groups in total. The number of esters is 1. The third-order valence-electron chi connectivity index (χ3n) is 5.50. The zero-order valence-corrected chi connectivity index (χ0v) is 16.0. The maximum absolute atomic E-state index is 12.1. The molecule has 2 aliphatic carbocycles. The lowest BCUT2D eigenvalue weighted by Gasteiger charge is -2.39. The lowest BCUT2D eigenvalue weighted by atomic mass is 9.69. The van der Waals surface area contributed by atoms with Crippen LogP contribution in [-0.4, -0.2) is 20.7 Å².